The van der Waals surface area contributed by atoms with Crippen LogP contribution >= 0.6 is 22.9 Å². The third-order valence-electron chi connectivity index (χ3n) is 1.94. The zero-order valence-electron chi connectivity index (χ0n) is 9.07. The fraction of sp³-hybridized carbons (Fsp3) is 0. The molecule has 0 amide bonds. The number of carboxylic acids is 1. The predicted octanol–water partition coefficient (Wildman–Crippen LogP) is 1.69. The Morgan fingerprint density at radius 1 is 1.47 bits per heavy atom. The average molecular weight is 320 g/mol. The van der Waals surface area contributed by atoms with Crippen LogP contribution in [-0.2, 0) is 10.0 Å². The van der Waals surface area contributed by atoms with Crippen molar-refractivity contribution < 1.29 is 18.3 Å². The SMILES string of the molecule is O=C(O)c1cc(S(=O)(=O)Nc2nccc(Cl)n2)cs1. The van der Waals surface area contributed by atoms with Crippen LogP contribution in [0.5, 0.6) is 0 Å². The van der Waals surface area contributed by atoms with E-state index in [1.54, 1.807) is 0 Å². The molecule has 0 aliphatic heterocycles. The monoisotopic (exact) mass is 319 g/mol. The number of thiophene rings is 1. The van der Waals surface area contributed by atoms with Gasteiger partial charge in [-0.15, -0.1) is 11.3 Å². The van der Waals surface area contributed by atoms with E-state index in [-0.39, 0.29) is 20.9 Å². The van der Waals surface area contributed by atoms with Crippen molar-refractivity contribution in [2.45, 2.75) is 4.90 Å². The van der Waals surface area contributed by atoms with Gasteiger partial charge in [-0.05, 0) is 12.1 Å². The highest BCUT2D eigenvalue weighted by Crippen LogP contribution is 2.21. The summed E-state index contributed by atoms with van der Waals surface area (Å²) in [4.78, 5) is 17.8. The topological polar surface area (TPSA) is 109 Å². The van der Waals surface area contributed by atoms with Crippen LogP contribution in [0, 0.1) is 0 Å². The number of carbonyl (C=O) groups is 1. The molecule has 0 fully saturated rings. The number of aromatic carboxylic acids is 1. The maximum atomic E-state index is 11.9. The van der Waals surface area contributed by atoms with Gasteiger partial charge < -0.3 is 5.11 Å². The molecule has 0 aromatic carbocycles. The van der Waals surface area contributed by atoms with Gasteiger partial charge in [0, 0.05) is 11.6 Å². The summed E-state index contributed by atoms with van der Waals surface area (Å²) in [6.45, 7) is 0. The van der Waals surface area contributed by atoms with Crippen LogP contribution in [0.1, 0.15) is 9.67 Å². The molecule has 2 N–H and O–H groups in total. The third kappa shape index (κ3) is 3.19. The molecule has 0 aliphatic carbocycles. The first-order chi connectivity index (χ1) is 8.88. The number of nitrogens with zero attached hydrogens (tertiary/aromatic N) is 2. The molecule has 0 spiro atoms. The summed E-state index contributed by atoms with van der Waals surface area (Å²) >= 11 is 6.42. The minimum atomic E-state index is -3.93. The molecule has 19 heavy (non-hydrogen) atoms. The van der Waals surface area contributed by atoms with Crippen LogP contribution in [0.3, 0.4) is 0 Å². The summed E-state index contributed by atoms with van der Waals surface area (Å²) in [7, 11) is -3.93. The minimum absolute atomic E-state index is 0.0765. The van der Waals surface area contributed by atoms with E-state index in [0.717, 1.165) is 17.4 Å². The van der Waals surface area contributed by atoms with Crippen molar-refractivity contribution in [1.82, 2.24) is 9.97 Å². The van der Waals surface area contributed by atoms with E-state index in [2.05, 4.69) is 14.7 Å². The second kappa shape index (κ2) is 5.11. The van der Waals surface area contributed by atoms with Crippen molar-refractivity contribution in [3.63, 3.8) is 0 Å². The largest absolute Gasteiger partial charge is 0.477 e. The number of anilines is 1. The van der Waals surface area contributed by atoms with Gasteiger partial charge in [-0.1, -0.05) is 11.6 Å². The van der Waals surface area contributed by atoms with Crippen molar-refractivity contribution in [1.29, 1.82) is 0 Å². The molecular formula is C9H6ClN3O4S2. The number of rotatable bonds is 4. The number of carboxylic acid groups (broad SMARTS) is 1. The predicted molar refractivity (Wildman–Crippen MR) is 69.1 cm³/mol. The lowest BCUT2D eigenvalue weighted by molar-refractivity contribution is 0.0702. The van der Waals surface area contributed by atoms with E-state index in [9.17, 15) is 13.2 Å². The molecule has 0 aliphatic rings. The maximum absolute atomic E-state index is 11.9. The Morgan fingerprint density at radius 3 is 2.79 bits per heavy atom. The quantitative estimate of drug-likeness (QED) is 0.830. The number of hydrogen-bond donors (Lipinski definition) is 2. The Morgan fingerprint density at radius 2 is 2.21 bits per heavy atom. The van der Waals surface area contributed by atoms with Crippen LogP contribution < -0.4 is 4.72 Å². The van der Waals surface area contributed by atoms with Crippen LogP contribution in [0.2, 0.25) is 5.15 Å². The van der Waals surface area contributed by atoms with E-state index in [1.807, 2.05) is 0 Å². The van der Waals surface area contributed by atoms with Crippen molar-refractivity contribution in [2.24, 2.45) is 0 Å². The molecule has 0 atom stereocenters. The first kappa shape index (κ1) is 13.7. The van der Waals surface area contributed by atoms with E-state index >= 15 is 0 Å². The highest BCUT2D eigenvalue weighted by Gasteiger charge is 2.19. The second-order valence-corrected chi connectivity index (χ2v) is 6.24. The Bertz CT molecular complexity index is 729. The van der Waals surface area contributed by atoms with Gasteiger partial charge in [-0.3, -0.25) is 0 Å². The van der Waals surface area contributed by atoms with Crippen molar-refractivity contribution in [2.75, 3.05) is 4.72 Å². The highest BCUT2D eigenvalue weighted by molar-refractivity contribution is 7.92. The van der Waals surface area contributed by atoms with Gasteiger partial charge in [0.15, 0.2) is 0 Å². The normalized spacial score (nSPS) is 11.2. The molecule has 0 saturated carbocycles. The van der Waals surface area contributed by atoms with E-state index < -0.39 is 16.0 Å². The van der Waals surface area contributed by atoms with Gasteiger partial charge >= 0.3 is 5.97 Å². The van der Waals surface area contributed by atoms with E-state index in [0.29, 0.717) is 0 Å². The molecule has 100 valence electrons. The molecule has 10 heteroatoms. The fourth-order valence-corrected chi connectivity index (χ4v) is 3.34. The first-order valence-electron chi connectivity index (χ1n) is 4.72. The van der Waals surface area contributed by atoms with Gasteiger partial charge in [0.05, 0.1) is 4.90 Å². The molecular weight excluding hydrogens is 314 g/mol. The standard InChI is InChI=1S/C9H6ClN3O4S2/c10-7-1-2-11-9(12-7)13-19(16,17)5-3-6(8(14)15)18-4-5/h1-4H,(H,14,15)(H,11,12,13). The lowest BCUT2D eigenvalue weighted by Crippen LogP contribution is -2.14. The molecule has 2 rings (SSSR count). The van der Waals surface area contributed by atoms with Crippen LogP contribution in [0.4, 0.5) is 5.95 Å². The average Bonchev–Trinajstić information content (AvgIpc) is 2.78. The van der Waals surface area contributed by atoms with Crippen molar-refractivity contribution in [3.05, 3.63) is 33.7 Å². The summed E-state index contributed by atoms with van der Waals surface area (Å²) in [6.07, 6.45) is 1.30. The lowest BCUT2D eigenvalue weighted by atomic mass is 10.5. The highest BCUT2D eigenvalue weighted by atomic mass is 35.5. The smallest absolute Gasteiger partial charge is 0.345 e. The number of nitrogens with one attached hydrogen (secondary N) is 1. The Hall–Kier alpha value is -1.71. The Labute approximate surface area is 117 Å². The van der Waals surface area contributed by atoms with Crippen molar-refractivity contribution >= 4 is 44.9 Å². The van der Waals surface area contributed by atoms with Crippen LogP contribution in [0.15, 0.2) is 28.6 Å². The summed E-state index contributed by atoms with van der Waals surface area (Å²) in [5.41, 5.74) is 0. The zero-order chi connectivity index (χ0) is 14.0. The molecule has 0 unspecified atom stereocenters. The van der Waals surface area contributed by atoms with E-state index in [4.69, 9.17) is 16.7 Å². The molecule has 0 bridgehead atoms. The molecule has 2 heterocycles. The third-order valence-corrected chi connectivity index (χ3v) is 4.53. The summed E-state index contributed by atoms with van der Waals surface area (Å²) in [5.74, 6) is -1.37. The summed E-state index contributed by atoms with van der Waals surface area (Å²) in [5, 5.41) is 10.0. The van der Waals surface area contributed by atoms with Crippen LogP contribution in [-0.4, -0.2) is 29.5 Å². The maximum Gasteiger partial charge on any atom is 0.345 e. The Kier molecular flexibility index (Phi) is 3.69. The lowest BCUT2D eigenvalue weighted by Gasteiger charge is -2.04. The molecule has 0 radical (unpaired) electrons. The molecule has 7 nitrogen and oxygen atoms in total. The van der Waals surface area contributed by atoms with Gasteiger partial charge in [0.1, 0.15) is 10.0 Å². The summed E-state index contributed by atoms with van der Waals surface area (Å²) in [6, 6.07) is 2.45. The zero-order valence-corrected chi connectivity index (χ0v) is 11.5. The van der Waals surface area contributed by atoms with Crippen LogP contribution in [0.25, 0.3) is 0 Å². The number of hydrogen-bond acceptors (Lipinski definition) is 6. The van der Waals surface area contributed by atoms with Gasteiger partial charge in [-0.2, -0.15) is 0 Å². The van der Waals surface area contributed by atoms with Gasteiger partial charge in [0.2, 0.25) is 5.95 Å². The van der Waals surface area contributed by atoms with E-state index in [1.165, 1.54) is 17.6 Å². The molecule has 2 aromatic rings. The Balaban J connectivity index is 2.29. The number of halogens is 1. The fourth-order valence-electron chi connectivity index (χ4n) is 1.14. The summed E-state index contributed by atoms with van der Waals surface area (Å²) < 4.78 is 26.0. The molecule has 2 aromatic heterocycles. The van der Waals surface area contributed by atoms with Gasteiger partial charge in [0.25, 0.3) is 10.0 Å². The number of aromatic nitrogens is 2. The molecule has 0 saturated heterocycles. The van der Waals surface area contributed by atoms with Crippen molar-refractivity contribution in [3.8, 4) is 0 Å². The van der Waals surface area contributed by atoms with Gasteiger partial charge in [-0.25, -0.2) is 27.9 Å². The minimum Gasteiger partial charge on any atom is -0.477 e. The number of sulfonamides is 1. The first-order valence-corrected chi connectivity index (χ1v) is 7.46. The second-order valence-electron chi connectivity index (χ2n) is 3.26.